The van der Waals surface area contributed by atoms with Gasteiger partial charge in [0.2, 0.25) is 0 Å². The Morgan fingerprint density at radius 3 is 1.25 bits per heavy atom. The molecular formula is C6H14Se2. The van der Waals surface area contributed by atoms with Gasteiger partial charge in [0.1, 0.15) is 0 Å². The number of hydrogen-bond donors (Lipinski definition) is 0. The zero-order chi connectivity index (χ0) is 6.57. The molecule has 50 valence electrons. The van der Waals surface area contributed by atoms with Crippen molar-refractivity contribution in [2.24, 2.45) is 0 Å². The first-order valence-electron chi connectivity index (χ1n) is 2.78. The third-order valence-electron chi connectivity index (χ3n) is 1.40. The second kappa shape index (κ2) is 4.88. The molecule has 0 aromatic heterocycles. The summed E-state index contributed by atoms with van der Waals surface area (Å²) in [6, 6.07) is 0. The van der Waals surface area contributed by atoms with E-state index in [4.69, 9.17) is 0 Å². The number of hydrogen-bond acceptors (Lipinski definition) is 0. The van der Waals surface area contributed by atoms with Crippen LogP contribution < -0.4 is 0 Å². The van der Waals surface area contributed by atoms with Crippen LogP contribution in [0.3, 0.4) is 0 Å². The van der Waals surface area contributed by atoms with Gasteiger partial charge in [-0.2, -0.15) is 0 Å². The summed E-state index contributed by atoms with van der Waals surface area (Å²) < 4.78 is 0. The predicted molar refractivity (Wildman–Crippen MR) is 42.1 cm³/mol. The van der Waals surface area contributed by atoms with E-state index in [1.165, 1.54) is 0 Å². The maximum atomic E-state index is 2.37. The zero-order valence-corrected chi connectivity index (χ0v) is 9.40. The van der Waals surface area contributed by atoms with Gasteiger partial charge in [0.25, 0.3) is 0 Å². The molecule has 0 saturated heterocycles. The van der Waals surface area contributed by atoms with Gasteiger partial charge >= 0.3 is 65.0 Å². The molecule has 0 heterocycles. The minimum atomic E-state index is 0.872. The topological polar surface area (TPSA) is 0 Å². The average molecular weight is 244 g/mol. The normalized spacial score (nSPS) is 18.0. The molecular weight excluding hydrogens is 230 g/mol. The van der Waals surface area contributed by atoms with Crippen molar-refractivity contribution in [2.75, 3.05) is 0 Å². The minimum absolute atomic E-state index is 0.872. The fourth-order valence-electron chi connectivity index (χ4n) is 0.383. The van der Waals surface area contributed by atoms with Crippen molar-refractivity contribution >= 4 is 29.9 Å². The molecule has 0 nitrogen and oxygen atoms in total. The summed E-state index contributed by atoms with van der Waals surface area (Å²) in [5.41, 5.74) is 0. The van der Waals surface area contributed by atoms with Crippen molar-refractivity contribution in [1.29, 1.82) is 0 Å². The van der Waals surface area contributed by atoms with Crippen LogP contribution in [-0.4, -0.2) is 29.9 Å². The van der Waals surface area contributed by atoms with Gasteiger partial charge < -0.3 is 0 Å². The summed E-state index contributed by atoms with van der Waals surface area (Å²) in [7, 11) is 0. The molecule has 0 aromatic carbocycles. The fraction of sp³-hybridized carbons (Fsp3) is 1.00. The Morgan fingerprint density at radius 2 is 1.12 bits per heavy atom. The van der Waals surface area contributed by atoms with Crippen LogP contribution in [-0.2, 0) is 0 Å². The van der Waals surface area contributed by atoms with Crippen LogP contribution in [0.2, 0.25) is 21.3 Å². The molecule has 0 radical (unpaired) electrons. The van der Waals surface area contributed by atoms with Crippen LogP contribution in [0.1, 0.15) is 13.8 Å². The van der Waals surface area contributed by atoms with Gasteiger partial charge in [0.15, 0.2) is 0 Å². The summed E-state index contributed by atoms with van der Waals surface area (Å²) in [6.07, 6.45) is 0. The SMILES string of the molecule is C[Se][C@@H](C)[C@H](C)[Se]C. The van der Waals surface area contributed by atoms with Crippen molar-refractivity contribution in [3.63, 3.8) is 0 Å². The third kappa shape index (κ3) is 3.14. The molecule has 2 atom stereocenters. The van der Waals surface area contributed by atoms with Crippen LogP contribution in [0, 0.1) is 0 Å². The Balaban J connectivity index is 3.29. The monoisotopic (exact) mass is 246 g/mol. The van der Waals surface area contributed by atoms with E-state index in [9.17, 15) is 0 Å². The van der Waals surface area contributed by atoms with E-state index < -0.39 is 0 Å². The summed E-state index contributed by atoms with van der Waals surface area (Å²) >= 11 is 1.74. The first-order chi connectivity index (χ1) is 3.72. The Kier molecular flexibility index (Phi) is 5.51. The van der Waals surface area contributed by atoms with Gasteiger partial charge in [-0.05, 0) is 0 Å². The Labute approximate surface area is 65.1 Å². The quantitative estimate of drug-likeness (QED) is 0.667. The van der Waals surface area contributed by atoms with Gasteiger partial charge in [-0.15, -0.1) is 0 Å². The molecule has 0 fully saturated rings. The molecule has 0 saturated carbocycles. The Hall–Kier alpha value is 1.04. The first-order valence-corrected chi connectivity index (χ1v) is 8.18. The van der Waals surface area contributed by atoms with E-state index in [1.54, 1.807) is 0 Å². The molecule has 8 heavy (non-hydrogen) atoms. The second-order valence-electron chi connectivity index (χ2n) is 1.88. The molecule has 0 N–H and O–H groups in total. The van der Waals surface area contributed by atoms with E-state index in [-0.39, 0.29) is 0 Å². The van der Waals surface area contributed by atoms with Crippen LogP contribution in [0.25, 0.3) is 0 Å². The van der Waals surface area contributed by atoms with Gasteiger partial charge in [0.05, 0.1) is 0 Å². The van der Waals surface area contributed by atoms with Crippen LogP contribution >= 0.6 is 0 Å². The molecule has 0 aliphatic rings. The van der Waals surface area contributed by atoms with Crippen molar-refractivity contribution < 1.29 is 0 Å². The third-order valence-corrected chi connectivity index (χ3v) is 7.11. The molecule has 0 rings (SSSR count). The van der Waals surface area contributed by atoms with Crippen molar-refractivity contribution in [3.8, 4) is 0 Å². The summed E-state index contributed by atoms with van der Waals surface area (Å²) in [5.74, 6) is 4.67. The Morgan fingerprint density at radius 1 is 0.875 bits per heavy atom. The predicted octanol–water partition coefficient (Wildman–Crippen LogP) is 2.11. The van der Waals surface area contributed by atoms with Gasteiger partial charge in [-0.25, -0.2) is 0 Å². The number of rotatable bonds is 3. The standard InChI is InChI=1S/C6H14Se2/c1-5(7-3)6(2)8-4/h5-6H,1-4H3/t5-,6-/m0/s1. The van der Waals surface area contributed by atoms with Crippen molar-refractivity contribution in [1.82, 2.24) is 0 Å². The summed E-state index contributed by atoms with van der Waals surface area (Å²) in [6.45, 7) is 4.74. The zero-order valence-electron chi connectivity index (χ0n) is 5.97. The molecule has 0 amide bonds. The van der Waals surface area contributed by atoms with E-state index in [1.807, 2.05) is 0 Å². The van der Waals surface area contributed by atoms with Crippen LogP contribution in [0.4, 0.5) is 0 Å². The molecule has 0 aliphatic heterocycles. The van der Waals surface area contributed by atoms with Gasteiger partial charge in [0, 0.05) is 0 Å². The Bertz CT molecular complexity index is 46.5. The first kappa shape index (κ1) is 9.04. The van der Waals surface area contributed by atoms with Crippen LogP contribution in [0.5, 0.6) is 0 Å². The van der Waals surface area contributed by atoms with Gasteiger partial charge in [-0.3, -0.25) is 0 Å². The van der Waals surface area contributed by atoms with E-state index >= 15 is 0 Å². The van der Waals surface area contributed by atoms with Gasteiger partial charge in [-0.1, -0.05) is 0 Å². The average Bonchev–Trinajstić information content (AvgIpc) is 1.84. The van der Waals surface area contributed by atoms with E-state index in [2.05, 4.69) is 25.5 Å². The summed E-state index contributed by atoms with van der Waals surface area (Å²) in [4.78, 5) is 2.01. The van der Waals surface area contributed by atoms with Crippen molar-refractivity contribution in [2.45, 2.75) is 35.1 Å². The molecule has 0 aliphatic carbocycles. The van der Waals surface area contributed by atoms with Crippen LogP contribution in [0.15, 0.2) is 0 Å². The van der Waals surface area contributed by atoms with E-state index in [0.717, 1.165) is 39.5 Å². The molecule has 0 aromatic rings. The molecule has 2 heteroatoms. The second-order valence-corrected chi connectivity index (χ2v) is 6.98. The molecule has 0 spiro atoms. The summed E-state index contributed by atoms with van der Waals surface area (Å²) in [5, 5.41) is 0. The van der Waals surface area contributed by atoms with Crippen molar-refractivity contribution in [3.05, 3.63) is 0 Å². The molecule has 0 unspecified atom stereocenters. The molecule has 0 bridgehead atoms. The van der Waals surface area contributed by atoms with E-state index in [0.29, 0.717) is 0 Å². The maximum absolute atomic E-state index is 2.37. The fourth-order valence-corrected chi connectivity index (χ4v) is 4.41.